The summed E-state index contributed by atoms with van der Waals surface area (Å²) in [5, 5.41) is -0.689. The number of nitrogens with zero attached hydrogens (tertiary/aromatic N) is 1. The van der Waals surface area contributed by atoms with Crippen LogP contribution in [0.2, 0.25) is 0 Å². The van der Waals surface area contributed by atoms with Crippen LogP contribution >= 0.6 is 0 Å². The second kappa shape index (κ2) is 4.04. The average molecular weight is 253 g/mol. The Bertz CT molecular complexity index is 463. The lowest BCUT2D eigenvalue weighted by Crippen LogP contribution is -2.15. The standard InChI is InChI=1S/C9H10F3NO2S/c1-6(2)16(14,15)7-3-4-8(13-5-7)9(10,11)12/h3-6H,1-2H3. The van der Waals surface area contributed by atoms with Crippen LogP contribution in [0.4, 0.5) is 13.2 Å². The van der Waals surface area contributed by atoms with Gasteiger partial charge >= 0.3 is 6.18 Å². The molecule has 1 aromatic heterocycles. The highest BCUT2D eigenvalue weighted by molar-refractivity contribution is 7.92. The van der Waals surface area contributed by atoms with E-state index < -0.39 is 27.0 Å². The van der Waals surface area contributed by atoms with Crippen LogP contribution in [0.1, 0.15) is 19.5 Å². The summed E-state index contributed by atoms with van der Waals surface area (Å²) in [6.07, 6.45) is -3.82. The second-order valence-corrected chi connectivity index (χ2v) is 5.97. The molecule has 1 heterocycles. The first kappa shape index (κ1) is 13.0. The normalized spacial score (nSPS) is 13.1. The van der Waals surface area contributed by atoms with Crippen LogP contribution in [0, 0.1) is 0 Å². The number of aromatic nitrogens is 1. The van der Waals surface area contributed by atoms with Crippen molar-refractivity contribution in [3.63, 3.8) is 0 Å². The Labute approximate surface area is 91.2 Å². The summed E-state index contributed by atoms with van der Waals surface area (Å²) < 4.78 is 59.6. The lowest BCUT2D eigenvalue weighted by molar-refractivity contribution is -0.141. The Morgan fingerprint density at radius 1 is 1.25 bits per heavy atom. The third-order valence-corrected chi connectivity index (χ3v) is 4.12. The fraction of sp³-hybridized carbons (Fsp3) is 0.444. The molecule has 0 amide bonds. The van der Waals surface area contributed by atoms with E-state index in [1.807, 2.05) is 0 Å². The van der Waals surface area contributed by atoms with Crippen molar-refractivity contribution in [1.29, 1.82) is 0 Å². The molecule has 0 spiro atoms. The molecule has 1 rings (SSSR count). The monoisotopic (exact) mass is 253 g/mol. The number of hydrogen-bond donors (Lipinski definition) is 0. The minimum atomic E-state index is -4.56. The zero-order valence-corrected chi connectivity index (χ0v) is 9.43. The number of pyridine rings is 1. The molecule has 0 aliphatic rings. The van der Waals surface area contributed by atoms with Gasteiger partial charge in [0, 0.05) is 6.20 Å². The summed E-state index contributed by atoms with van der Waals surface area (Å²) in [4.78, 5) is 2.90. The lowest BCUT2D eigenvalue weighted by Gasteiger charge is -2.09. The first-order valence-corrected chi connectivity index (χ1v) is 5.97. The first-order chi connectivity index (χ1) is 7.15. The molecule has 0 radical (unpaired) electrons. The molecule has 0 N–H and O–H groups in total. The largest absolute Gasteiger partial charge is 0.433 e. The van der Waals surface area contributed by atoms with Gasteiger partial charge in [-0.25, -0.2) is 8.42 Å². The van der Waals surface area contributed by atoms with E-state index >= 15 is 0 Å². The van der Waals surface area contributed by atoms with E-state index in [2.05, 4.69) is 4.98 Å². The predicted octanol–water partition coefficient (Wildman–Crippen LogP) is 2.28. The van der Waals surface area contributed by atoms with E-state index in [0.29, 0.717) is 6.07 Å². The van der Waals surface area contributed by atoms with Crippen molar-refractivity contribution in [1.82, 2.24) is 4.98 Å². The Hall–Kier alpha value is -1.11. The molecule has 90 valence electrons. The van der Waals surface area contributed by atoms with Gasteiger partial charge in [-0.15, -0.1) is 0 Å². The van der Waals surface area contributed by atoms with Gasteiger partial charge in [0.15, 0.2) is 9.84 Å². The number of rotatable bonds is 2. The van der Waals surface area contributed by atoms with E-state index in [1.54, 1.807) is 0 Å². The summed E-state index contributed by atoms with van der Waals surface area (Å²) in [6.45, 7) is 2.90. The van der Waals surface area contributed by atoms with Gasteiger partial charge in [-0.05, 0) is 26.0 Å². The smallest absolute Gasteiger partial charge is 0.250 e. The highest BCUT2D eigenvalue weighted by Crippen LogP contribution is 2.28. The molecule has 0 aliphatic heterocycles. The third-order valence-electron chi connectivity index (χ3n) is 1.98. The number of hydrogen-bond acceptors (Lipinski definition) is 3. The molecule has 0 bridgehead atoms. The maximum Gasteiger partial charge on any atom is 0.433 e. The average Bonchev–Trinajstić information content (AvgIpc) is 2.16. The van der Waals surface area contributed by atoms with E-state index in [0.717, 1.165) is 12.3 Å². The Balaban J connectivity index is 3.15. The van der Waals surface area contributed by atoms with Crippen LogP contribution in [-0.2, 0) is 16.0 Å². The summed E-state index contributed by atoms with van der Waals surface area (Å²) in [5.41, 5.74) is -1.10. The number of alkyl halides is 3. The molecule has 7 heteroatoms. The molecule has 0 saturated heterocycles. The second-order valence-electron chi connectivity index (χ2n) is 3.47. The molecule has 0 unspecified atom stereocenters. The molecule has 0 aromatic carbocycles. The van der Waals surface area contributed by atoms with Crippen LogP contribution in [0.25, 0.3) is 0 Å². The van der Waals surface area contributed by atoms with Gasteiger partial charge in [-0.1, -0.05) is 0 Å². The van der Waals surface area contributed by atoms with Crippen molar-refractivity contribution in [2.24, 2.45) is 0 Å². The molecule has 16 heavy (non-hydrogen) atoms. The number of halogens is 3. The zero-order chi connectivity index (χ0) is 12.6. The van der Waals surface area contributed by atoms with Crippen molar-refractivity contribution < 1.29 is 21.6 Å². The molecule has 1 aromatic rings. The topological polar surface area (TPSA) is 47.0 Å². The fourth-order valence-corrected chi connectivity index (χ4v) is 1.99. The van der Waals surface area contributed by atoms with Gasteiger partial charge in [0.25, 0.3) is 0 Å². The van der Waals surface area contributed by atoms with Gasteiger partial charge in [0.05, 0.1) is 10.1 Å². The highest BCUT2D eigenvalue weighted by atomic mass is 32.2. The van der Waals surface area contributed by atoms with Gasteiger partial charge < -0.3 is 0 Å². The fourth-order valence-electron chi connectivity index (χ4n) is 0.988. The first-order valence-electron chi connectivity index (χ1n) is 4.43. The summed E-state index contributed by atoms with van der Waals surface area (Å²) in [6, 6.07) is 1.58. The van der Waals surface area contributed by atoms with Crippen LogP contribution in [-0.4, -0.2) is 18.7 Å². The molecule has 3 nitrogen and oxygen atoms in total. The van der Waals surface area contributed by atoms with E-state index in [9.17, 15) is 21.6 Å². The maximum atomic E-state index is 12.2. The lowest BCUT2D eigenvalue weighted by atomic mass is 10.3. The Morgan fingerprint density at radius 2 is 1.81 bits per heavy atom. The highest BCUT2D eigenvalue weighted by Gasteiger charge is 2.32. The molecular weight excluding hydrogens is 243 g/mol. The minimum Gasteiger partial charge on any atom is -0.250 e. The Kier molecular flexibility index (Phi) is 3.27. The van der Waals surface area contributed by atoms with Crippen molar-refractivity contribution >= 4 is 9.84 Å². The predicted molar refractivity (Wildman–Crippen MR) is 51.6 cm³/mol. The third kappa shape index (κ3) is 2.52. The van der Waals surface area contributed by atoms with E-state index in [-0.39, 0.29) is 4.90 Å². The molecule has 0 saturated carbocycles. The maximum absolute atomic E-state index is 12.2. The molecular formula is C9H10F3NO2S. The van der Waals surface area contributed by atoms with Crippen molar-refractivity contribution in [3.05, 3.63) is 24.0 Å². The van der Waals surface area contributed by atoms with Gasteiger partial charge in [0.2, 0.25) is 0 Å². The summed E-state index contributed by atoms with van der Waals surface area (Å²) >= 11 is 0. The molecule has 0 fully saturated rings. The van der Waals surface area contributed by atoms with Crippen molar-refractivity contribution in [2.75, 3.05) is 0 Å². The Morgan fingerprint density at radius 3 is 2.12 bits per heavy atom. The van der Waals surface area contributed by atoms with Crippen LogP contribution in [0.3, 0.4) is 0 Å². The van der Waals surface area contributed by atoms with E-state index in [1.165, 1.54) is 13.8 Å². The van der Waals surface area contributed by atoms with Crippen LogP contribution < -0.4 is 0 Å². The quantitative estimate of drug-likeness (QED) is 0.812. The van der Waals surface area contributed by atoms with Gasteiger partial charge in [0.1, 0.15) is 5.69 Å². The van der Waals surface area contributed by atoms with Crippen LogP contribution in [0.15, 0.2) is 23.2 Å². The summed E-state index contributed by atoms with van der Waals surface area (Å²) in [7, 11) is -3.57. The summed E-state index contributed by atoms with van der Waals surface area (Å²) in [5.74, 6) is 0. The van der Waals surface area contributed by atoms with E-state index in [4.69, 9.17) is 0 Å². The molecule has 0 aliphatic carbocycles. The zero-order valence-electron chi connectivity index (χ0n) is 8.62. The van der Waals surface area contributed by atoms with Crippen LogP contribution in [0.5, 0.6) is 0 Å². The van der Waals surface area contributed by atoms with Crippen molar-refractivity contribution in [3.8, 4) is 0 Å². The van der Waals surface area contributed by atoms with Gasteiger partial charge in [-0.3, -0.25) is 4.98 Å². The van der Waals surface area contributed by atoms with Crippen molar-refractivity contribution in [2.45, 2.75) is 30.2 Å². The van der Waals surface area contributed by atoms with Gasteiger partial charge in [-0.2, -0.15) is 13.2 Å². The SMILES string of the molecule is CC(C)S(=O)(=O)c1ccc(C(F)(F)F)nc1. The number of sulfone groups is 1. The minimum absolute atomic E-state index is 0.199. The molecule has 0 atom stereocenters.